The van der Waals surface area contributed by atoms with Crippen molar-refractivity contribution in [2.24, 2.45) is 5.10 Å². The maximum Gasteiger partial charge on any atom is 0.283 e. The Labute approximate surface area is 141 Å². The zero-order valence-electron chi connectivity index (χ0n) is 12.0. The Hall–Kier alpha value is -1.69. The lowest BCUT2D eigenvalue weighted by Crippen LogP contribution is -2.18. The molecule has 3 rings (SSSR count). The summed E-state index contributed by atoms with van der Waals surface area (Å²) in [5.74, 6) is -0.279. The molecule has 1 amide bonds. The summed E-state index contributed by atoms with van der Waals surface area (Å²) in [5, 5.41) is 5.55. The molecule has 0 fully saturated rings. The number of hydrogen-bond acceptors (Lipinski definition) is 4. The minimum absolute atomic E-state index is 0.279. The highest BCUT2D eigenvalue weighted by atomic mass is 35.5. The molecule has 0 aliphatic heterocycles. The molecule has 0 spiro atoms. The van der Waals surface area contributed by atoms with Gasteiger partial charge in [0.15, 0.2) is 0 Å². The van der Waals surface area contributed by atoms with Crippen molar-refractivity contribution in [1.82, 2.24) is 5.43 Å². The highest BCUT2D eigenvalue weighted by Gasteiger charge is 2.16. The normalized spacial score (nSPS) is 11.9. The molecular weight excluding hydrogens is 336 g/mol. The summed E-state index contributed by atoms with van der Waals surface area (Å²) < 4.78 is 0.993. The van der Waals surface area contributed by atoms with Gasteiger partial charge in [-0.1, -0.05) is 29.8 Å². The Morgan fingerprint density at radius 3 is 2.64 bits per heavy atom. The van der Waals surface area contributed by atoms with Crippen LogP contribution in [0.1, 0.15) is 26.3 Å². The van der Waals surface area contributed by atoms with E-state index < -0.39 is 0 Å². The zero-order valence-corrected chi connectivity index (χ0v) is 14.4. The number of hydrogen-bond donors (Lipinski definition) is 1. The summed E-state index contributed by atoms with van der Waals surface area (Å²) in [5.41, 5.74) is 3.37. The summed E-state index contributed by atoms with van der Waals surface area (Å²) >= 11 is 9.31. The minimum Gasteiger partial charge on any atom is -0.266 e. The Morgan fingerprint density at radius 1 is 1.18 bits per heavy atom. The van der Waals surface area contributed by atoms with Gasteiger partial charge in [0.25, 0.3) is 5.91 Å². The van der Waals surface area contributed by atoms with E-state index in [4.69, 9.17) is 11.6 Å². The molecule has 112 valence electrons. The van der Waals surface area contributed by atoms with E-state index in [1.54, 1.807) is 11.3 Å². The van der Waals surface area contributed by atoms with Crippen LogP contribution in [-0.4, -0.2) is 11.6 Å². The molecule has 0 aliphatic rings. The maximum absolute atomic E-state index is 12.3. The van der Waals surface area contributed by atoms with Crippen LogP contribution in [0.3, 0.4) is 0 Å². The summed E-state index contributed by atoms with van der Waals surface area (Å²) in [4.78, 5) is 15.0. The first kappa shape index (κ1) is 15.2. The lowest BCUT2D eigenvalue weighted by atomic mass is 10.2. The molecule has 0 radical (unpaired) electrons. The number of carbonyl (C=O) groups excluding carboxylic acids is 1. The van der Waals surface area contributed by atoms with E-state index in [0.29, 0.717) is 9.90 Å². The molecule has 0 atom stereocenters. The molecule has 22 heavy (non-hydrogen) atoms. The Balaban J connectivity index is 1.83. The number of nitrogens with one attached hydrogen (secondary N) is 1. The SMILES string of the molecule is C/C(=N\NC(=O)c1sc2ccccc2c1Cl)c1ccc(C)s1. The van der Waals surface area contributed by atoms with Crippen molar-refractivity contribution in [1.29, 1.82) is 0 Å². The molecule has 1 aromatic carbocycles. The molecule has 0 saturated heterocycles. The predicted molar refractivity (Wildman–Crippen MR) is 95.6 cm³/mol. The third-order valence-corrected chi connectivity index (χ3v) is 5.95. The molecule has 0 aliphatic carbocycles. The number of halogens is 1. The summed E-state index contributed by atoms with van der Waals surface area (Å²) in [6, 6.07) is 11.7. The van der Waals surface area contributed by atoms with Gasteiger partial charge < -0.3 is 0 Å². The molecule has 0 unspecified atom stereocenters. The molecule has 3 nitrogen and oxygen atoms in total. The monoisotopic (exact) mass is 348 g/mol. The molecule has 0 saturated carbocycles. The first-order chi connectivity index (χ1) is 10.6. The third-order valence-electron chi connectivity index (χ3n) is 3.16. The fourth-order valence-corrected chi connectivity index (χ4v) is 4.25. The largest absolute Gasteiger partial charge is 0.283 e. The maximum atomic E-state index is 12.3. The Kier molecular flexibility index (Phi) is 4.29. The van der Waals surface area contributed by atoms with Gasteiger partial charge in [0, 0.05) is 15.0 Å². The highest BCUT2D eigenvalue weighted by molar-refractivity contribution is 7.21. The molecule has 3 aromatic rings. The van der Waals surface area contributed by atoms with Crippen molar-refractivity contribution in [3.05, 3.63) is 56.1 Å². The van der Waals surface area contributed by atoms with Crippen LogP contribution in [0.5, 0.6) is 0 Å². The van der Waals surface area contributed by atoms with Gasteiger partial charge in [0.2, 0.25) is 0 Å². The van der Waals surface area contributed by atoms with Gasteiger partial charge in [-0.15, -0.1) is 22.7 Å². The van der Waals surface area contributed by atoms with Crippen LogP contribution in [0.4, 0.5) is 0 Å². The molecule has 2 heterocycles. The smallest absolute Gasteiger partial charge is 0.266 e. The number of benzene rings is 1. The summed E-state index contributed by atoms with van der Waals surface area (Å²) in [6.07, 6.45) is 0. The lowest BCUT2D eigenvalue weighted by molar-refractivity contribution is 0.0959. The number of aryl methyl sites for hydroxylation is 1. The average Bonchev–Trinajstić information content (AvgIpc) is 3.09. The van der Waals surface area contributed by atoms with Gasteiger partial charge in [-0.25, -0.2) is 5.43 Å². The fourth-order valence-electron chi connectivity index (χ4n) is 2.03. The number of thiophene rings is 2. The number of carbonyl (C=O) groups is 1. The van der Waals surface area contributed by atoms with Gasteiger partial charge >= 0.3 is 0 Å². The average molecular weight is 349 g/mol. The molecule has 1 N–H and O–H groups in total. The Morgan fingerprint density at radius 2 is 1.95 bits per heavy atom. The zero-order chi connectivity index (χ0) is 15.7. The lowest BCUT2D eigenvalue weighted by Gasteiger charge is -2.00. The van der Waals surface area contributed by atoms with Crippen LogP contribution in [0.2, 0.25) is 5.02 Å². The summed E-state index contributed by atoms with van der Waals surface area (Å²) in [7, 11) is 0. The van der Waals surface area contributed by atoms with Crippen molar-refractivity contribution in [2.45, 2.75) is 13.8 Å². The van der Waals surface area contributed by atoms with Crippen LogP contribution >= 0.6 is 34.3 Å². The van der Waals surface area contributed by atoms with Crippen molar-refractivity contribution in [2.75, 3.05) is 0 Å². The van der Waals surface area contributed by atoms with Crippen molar-refractivity contribution >= 4 is 56.0 Å². The quantitative estimate of drug-likeness (QED) is 0.520. The first-order valence-electron chi connectivity index (χ1n) is 6.64. The standard InChI is InChI=1S/C16H13ClN2OS2/c1-9-7-8-12(21-9)10(2)18-19-16(20)15-14(17)11-5-3-4-6-13(11)22-15/h3-8H,1-2H3,(H,19,20)/b18-10+. The first-order valence-corrected chi connectivity index (χ1v) is 8.66. The van der Waals surface area contributed by atoms with Crippen LogP contribution in [-0.2, 0) is 0 Å². The molecular formula is C16H13ClN2OS2. The van der Waals surface area contributed by atoms with E-state index in [2.05, 4.69) is 10.5 Å². The van der Waals surface area contributed by atoms with Crippen LogP contribution < -0.4 is 5.43 Å². The van der Waals surface area contributed by atoms with Gasteiger partial charge in [0.05, 0.1) is 15.6 Å². The third kappa shape index (κ3) is 2.92. The molecule has 6 heteroatoms. The molecule has 2 aromatic heterocycles. The van der Waals surface area contributed by atoms with Crippen LogP contribution in [0.25, 0.3) is 10.1 Å². The number of rotatable bonds is 3. The van der Waals surface area contributed by atoms with Gasteiger partial charge in [-0.05, 0) is 32.0 Å². The predicted octanol–water partition coefficient (Wildman–Crippen LogP) is 5.08. The number of hydrazone groups is 1. The topological polar surface area (TPSA) is 41.5 Å². The number of amides is 1. The highest BCUT2D eigenvalue weighted by Crippen LogP contribution is 2.34. The van der Waals surface area contributed by atoms with Crippen LogP contribution in [0, 0.1) is 6.92 Å². The Bertz CT molecular complexity index is 879. The second-order valence-corrected chi connectivity index (χ2v) is 7.51. The van der Waals surface area contributed by atoms with Gasteiger partial charge in [-0.2, -0.15) is 5.10 Å². The number of fused-ring (bicyclic) bond motifs is 1. The van der Waals surface area contributed by atoms with Gasteiger partial charge in [0.1, 0.15) is 4.88 Å². The van der Waals surface area contributed by atoms with E-state index in [-0.39, 0.29) is 5.91 Å². The van der Waals surface area contributed by atoms with E-state index in [1.165, 1.54) is 16.2 Å². The number of nitrogens with zero attached hydrogens (tertiary/aromatic N) is 1. The van der Waals surface area contributed by atoms with Crippen molar-refractivity contribution in [3.63, 3.8) is 0 Å². The van der Waals surface area contributed by atoms with Crippen molar-refractivity contribution in [3.8, 4) is 0 Å². The second kappa shape index (κ2) is 6.20. The van der Waals surface area contributed by atoms with Crippen LogP contribution in [0.15, 0.2) is 41.5 Å². The molecule has 0 bridgehead atoms. The fraction of sp³-hybridized carbons (Fsp3) is 0.125. The minimum atomic E-state index is -0.279. The van der Waals surface area contributed by atoms with E-state index in [0.717, 1.165) is 20.7 Å². The van der Waals surface area contributed by atoms with E-state index in [9.17, 15) is 4.79 Å². The second-order valence-electron chi connectivity index (χ2n) is 4.79. The van der Waals surface area contributed by atoms with E-state index >= 15 is 0 Å². The summed E-state index contributed by atoms with van der Waals surface area (Å²) in [6.45, 7) is 3.91. The van der Waals surface area contributed by atoms with Gasteiger partial charge in [-0.3, -0.25) is 4.79 Å². The van der Waals surface area contributed by atoms with Crippen molar-refractivity contribution < 1.29 is 4.79 Å². The van der Waals surface area contributed by atoms with E-state index in [1.807, 2.05) is 50.2 Å².